The van der Waals surface area contributed by atoms with Gasteiger partial charge in [0.1, 0.15) is 19.0 Å². The van der Waals surface area contributed by atoms with Gasteiger partial charge in [-0.2, -0.15) is 0 Å². The molecule has 0 amide bonds. The van der Waals surface area contributed by atoms with Crippen LogP contribution in [0.1, 0.15) is 6.92 Å². The monoisotopic (exact) mass is 382 g/mol. The van der Waals surface area contributed by atoms with Crippen LogP contribution in [0.2, 0.25) is 5.02 Å². The van der Waals surface area contributed by atoms with E-state index >= 15 is 0 Å². The van der Waals surface area contributed by atoms with Crippen LogP contribution in [0.3, 0.4) is 0 Å². The molecule has 8 heteroatoms. The summed E-state index contributed by atoms with van der Waals surface area (Å²) < 4.78 is 20.1. The van der Waals surface area contributed by atoms with Gasteiger partial charge in [0.15, 0.2) is 12.7 Å². The molecule has 0 spiro atoms. The topological polar surface area (TPSA) is 88.1 Å². The number of halogens is 1. The lowest BCUT2D eigenvalue weighted by Gasteiger charge is -2.18. The van der Waals surface area contributed by atoms with Gasteiger partial charge < -0.3 is 18.9 Å². The molecule has 0 aliphatic carbocycles. The Kier molecular flexibility index (Phi) is 8.94. The predicted molar refractivity (Wildman–Crippen MR) is 93.8 cm³/mol. The van der Waals surface area contributed by atoms with Crippen molar-refractivity contribution in [2.75, 3.05) is 19.8 Å². The summed E-state index contributed by atoms with van der Waals surface area (Å²) in [6.07, 6.45) is -0.0338. The van der Waals surface area contributed by atoms with Crippen LogP contribution in [-0.2, 0) is 28.6 Å². The Morgan fingerprint density at radius 1 is 1.19 bits per heavy atom. The molecular weight excluding hydrogens is 364 g/mol. The van der Waals surface area contributed by atoms with E-state index in [0.717, 1.165) is 6.08 Å². The maximum absolute atomic E-state index is 11.8. The zero-order valence-corrected chi connectivity index (χ0v) is 15.0. The smallest absolute Gasteiger partial charge is 0.344 e. The number of rotatable bonds is 10. The lowest BCUT2D eigenvalue weighted by atomic mass is 10.3. The second kappa shape index (κ2) is 10.9. The molecule has 0 fully saturated rings. The minimum Gasteiger partial charge on any atom is -0.480 e. The number of hydrogen-bond acceptors (Lipinski definition) is 7. The summed E-state index contributed by atoms with van der Waals surface area (Å²) in [6, 6.07) is 6.64. The molecule has 0 saturated carbocycles. The van der Waals surface area contributed by atoms with Crippen molar-refractivity contribution in [3.63, 3.8) is 0 Å². The molecule has 0 N–H and O–H groups in total. The van der Waals surface area contributed by atoms with Crippen LogP contribution in [0.4, 0.5) is 0 Å². The van der Waals surface area contributed by atoms with Crippen molar-refractivity contribution in [3.8, 4) is 5.75 Å². The SMILES string of the molecule is C=CC(=O)OCC(COC(=O)COc1ccccc1Cl)OC(=O)C(=C)C. The standard InChI is InChI=1S/C18H19ClO7/c1-4-16(20)24-9-13(26-18(22)12(2)3)10-25-17(21)11-23-15-8-6-5-7-14(15)19/h4-8,13H,1-2,9-11H2,3H3. The van der Waals surface area contributed by atoms with Crippen LogP contribution in [0.15, 0.2) is 49.1 Å². The average molecular weight is 383 g/mol. The lowest BCUT2D eigenvalue weighted by molar-refractivity contribution is -0.163. The second-order valence-corrected chi connectivity index (χ2v) is 5.45. The van der Waals surface area contributed by atoms with E-state index in [1.807, 2.05) is 0 Å². The van der Waals surface area contributed by atoms with Gasteiger partial charge in [-0.05, 0) is 19.1 Å². The van der Waals surface area contributed by atoms with Crippen molar-refractivity contribution in [2.45, 2.75) is 13.0 Å². The predicted octanol–water partition coefficient (Wildman–Crippen LogP) is 2.48. The van der Waals surface area contributed by atoms with Gasteiger partial charge in [0.05, 0.1) is 5.02 Å². The lowest BCUT2D eigenvalue weighted by Crippen LogP contribution is -2.31. The third-order valence-corrected chi connectivity index (χ3v) is 3.12. The van der Waals surface area contributed by atoms with Crippen LogP contribution in [0, 0.1) is 0 Å². The van der Waals surface area contributed by atoms with Gasteiger partial charge in [0.25, 0.3) is 0 Å². The van der Waals surface area contributed by atoms with Gasteiger partial charge in [-0.25, -0.2) is 14.4 Å². The Labute approximate surface area is 156 Å². The summed E-state index contributed by atoms with van der Waals surface area (Å²) >= 11 is 5.91. The maximum atomic E-state index is 11.8. The first kappa shape index (κ1) is 21.2. The molecule has 140 valence electrons. The van der Waals surface area contributed by atoms with Crippen molar-refractivity contribution in [1.82, 2.24) is 0 Å². The third kappa shape index (κ3) is 7.85. The largest absolute Gasteiger partial charge is 0.480 e. The average Bonchev–Trinajstić information content (AvgIpc) is 2.62. The highest BCUT2D eigenvalue weighted by molar-refractivity contribution is 6.32. The Hall–Kier alpha value is -2.80. The van der Waals surface area contributed by atoms with Gasteiger partial charge in [-0.3, -0.25) is 0 Å². The van der Waals surface area contributed by atoms with E-state index in [2.05, 4.69) is 13.2 Å². The van der Waals surface area contributed by atoms with E-state index in [9.17, 15) is 14.4 Å². The molecule has 26 heavy (non-hydrogen) atoms. The number of para-hydroxylation sites is 1. The normalized spacial score (nSPS) is 11.0. The van der Waals surface area contributed by atoms with Gasteiger partial charge >= 0.3 is 17.9 Å². The number of esters is 3. The highest BCUT2D eigenvalue weighted by Gasteiger charge is 2.19. The zero-order valence-electron chi connectivity index (χ0n) is 14.2. The Morgan fingerprint density at radius 3 is 2.46 bits per heavy atom. The van der Waals surface area contributed by atoms with Gasteiger partial charge in [0.2, 0.25) is 0 Å². The molecule has 7 nitrogen and oxygen atoms in total. The fourth-order valence-corrected chi connectivity index (χ4v) is 1.72. The molecule has 0 aliphatic heterocycles. The summed E-state index contributed by atoms with van der Waals surface area (Å²) in [5.41, 5.74) is 0.151. The summed E-state index contributed by atoms with van der Waals surface area (Å²) in [5.74, 6) is -1.78. The van der Waals surface area contributed by atoms with Crippen molar-refractivity contribution < 1.29 is 33.3 Å². The molecule has 0 aromatic heterocycles. The molecule has 1 atom stereocenters. The summed E-state index contributed by atoms with van der Waals surface area (Å²) in [7, 11) is 0. The first-order valence-corrected chi connectivity index (χ1v) is 7.90. The molecule has 0 aliphatic rings. The number of benzene rings is 1. The summed E-state index contributed by atoms with van der Waals surface area (Å²) in [6.45, 7) is 7.14. The molecule has 0 bridgehead atoms. The van der Waals surface area contributed by atoms with Gasteiger partial charge in [-0.15, -0.1) is 0 Å². The van der Waals surface area contributed by atoms with Gasteiger partial charge in [0, 0.05) is 11.6 Å². The Morgan fingerprint density at radius 2 is 1.85 bits per heavy atom. The molecule has 1 rings (SSSR count). The van der Waals surface area contributed by atoms with Crippen LogP contribution in [0.25, 0.3) is 0 Å². The number of carbonyl (C=O) groups excluding carboxylic acids is 3. The van der Waals surface area contributed by atoms with Gasteiger partial charge in [-0.1, -0.05) is 36.9 Å². The van der Waals surface area contributed by atoms with Crippen molar-refractivity contribution >= 4 is 29.5 Å². The maximum Gasteiger partial charge on any atom is 0.344 e. The Bertz CT molecular complexity index is 684. The third-order valence-electron chi connectivity index (χ3n) is 2.81. The molecule has 0 saturated heterocycles. The zero-order chi connectivity index (χ0) is 19.5. The van der Waals surface area contributed by atoms with Crippen LogP contribution in [0.5, 0.6) is 5.75 Å². The van der Waals surface area contributed by atoms with Crippen LogP contribution >= 0.6 is 11.6 Å². The number of carbonyl (C=O) groups is 3. The van der Waals surface area contributed by atoms with Crippen molar-refractivity contribution in [1.29, 1.82) is 0 Å². The summed E-state index contributed by atoms with van der Waals surface area (Å²) in [4.78, 5) is 34.5. The van der Waals surface area contributed by atoms with Crippen molar-refractivity contribution in [3.05, 3.63) is 54.1 Å². The van der Waals surface area contributed by atoms with E-state index in [1.54, 1.807) is 24.3 Å². The van der Waals surface area contributed by atoms with E-state index in [4.69, 9.17) is 30.5 Å². The Balaban J connectivity index is 2.52. The quantitative estimate of drug-likeness (QED) is 0.349. The number of ether oxygens (including phenoxy) is 4. The second-order valence-electron chi connectivity index (χ2n) is 5.04. The first-order chi connectivity index (χ1) is 12.3. The molecule has 1 aromatic rings. The fraction of sp³-hybridized carbons (Fsp3) is 0.278. The van der Waals surface area contributed by atoms with E-state index < -0.39 is 30.6 Å². The minimum absolute atomic E-state index is 0.151. The van der Waals surface area contributed by atoms with Crippen LogP contribution in [-0.4, -0.2) is 43.8 Å². The molecule has 1 aromatic carbocycles. The highest BCUT2D eigenvalue weighted by Crippen LogP contribution is 2.22. The van der Waals surface area contributed by atoms with E-state index in [1.165, 1.54) is 6.92 Å². The fourth-order valence-electron chi connectivity index (χ4n) is 1.53. The first-order valence-electron chi connectivity index (χ1n) is 7.52. The molecule has 1 unspecified atom stereocenters. The highest BCUT2D eigenvalue weighted by atomic mass is 35.5. The molecule has 0 radical (unpaired) electrons. The summed E-state index contributed by atoms with van der Waals surface area (Å²) in [5, 5.41) is 0.352. The van der Waals surface area contributed by atoms with Crippen molar-refractivity contribution in [2.24, 2.45) is 0 Å². The number of hydrogen-bond donors (Lipinski definition) is 0. The minimum atomic E-state index is -0.993. The van der Waals surface area contributed by atoms with E-state index in [-0.39, 0.29) is 18.8 Å². The van der Waals surface area contributed by atoms with Crippen LogP contribution < -0.4 is 4.74 Å². The molecule has 0 heterocycles. The van der Waals surface area contributed by atoms with E-state index in [0.29, 0.717) is 10.8 Å². The molecular formula is C18H19ClO7.